The second kappa shape index (κ2) is 7.58. The number of hydrogen-bond donors (Lipinski definition) is 1. The van der Waals surface area contributed by atoms with Crippen LogP contribution in [0.2, 0.25) is 8.67 Å². The Labute approximate surface area is 159 Å². The number of nitrogens with zero attached hydrogens (tertiary/aromatic N) is 1. The Morgan fingerprint density at radius 2 is 1.88 bits per heavy atom. The number of pyridine rings is 1. The van der Waals surface area contributed by atoms with Crippen molar-refractivity contribution >= 4 is 62.4 Å². The zero-order valence-electron chi connectivity index (χ0n) is 12.7. The van der Waals surface area contributed by atoms with Gasteiger partial charge in [0.15, 0.2) is 0 Å². The van der Waals surface area contributed by atoms with E-state index in [-0.39, 0.29) is 9.23 Å². The van der Waals surface area contributed by atoms with Crippen LogP contribution in [0.5, 0.6) is 0 Å². The Hall–Kier alpha value is -1.86. The van der Waals surface area contributed by atoms with Crippen LogP contribution in [0.3, 0.4) is 0 Å². The van der Waals surface area contributed by atoms with E-state index in [1.807, 2.05) is 36.4 Å². The summed E-state index contributed by atoms with van der Waals surface area (Å²) in [6.45, 7) is 0. The molecule has 0 amide bonds. The van der Waals surface area contributed by atoms with Gasteiger partial charge in [0.25, 0.3) is 10.0 Å². The monoisotopic (exact) mass is 410 g/mol. The molecule has 0 radical (unpaired) electrons. The number of sulfonamides is 1. The van der Waals surface area contributed by atoms with Gasteiger partial charge in [0, 0.05) is 11.9 Å². The molecule has 0 spiro atoms. The third-order valence-electron chi connectivity index (χ3n) is 3.19. The molecular weight excluding hydrogens is 399 g/mol. The van der Waals surface area contributed by atoms with Crippen molar-refractivity contribution in [2.24, 2.45) is 0 Å². The van der Waals surface area contributed by atoms with E-state index < -0.39 is 10.0 Å². The summed E-state index contributed by atoms with van der Waals surface area (Å²) in [7, 11) is -3.80. The first kappa shape index (κ1) is 17.9. The highest BCUT2D eigenvalue weighted by Crippen LogP contribution is 2.35. The lowest BCUT2D eigenvalue weighted by molar-refractivity contribution is 0.601. The summed E-state index contributed by atoms with van der Waals surface area (Å²) in [6, 6.07) is 14.0. The van der Waals surface area contributed by atoms with E-state index in [0.29, 0.717) is 10.0 Å². The van der Waals surface area contributed by atoms with Crippen LogP contribution in [0, 0.1) is 0 Å². The summed E-state index contributed by atoms with van der Waals surface area (Å²) >= 11 is 12.8. The lowest BCUT2D eigenvalue weighted by Gasteiger charge is -2.07. The van der Waals surface area contributed by atoms with Crippen molar-refractivity contribution in [3.8, 4) is 0 Å². The highest BCUT2D eigenvalue weighted by atomic mass is 35.5. The van der Waals surface area contributed by atoms with E-state index in [4.69, 9.17) is 23.2 Å². The van der Waals surface area contributed by atoms with E-state index in [9.17, 15) is 8.42 Å². The van der Waals surface area contributed by atoms with Crippen molar-refractivity contribution in [3.05, 3.63) is 74.7 Å². The zero-order chi connectivity index (χ0) is 17.9. The average molecular weight is 411 g/mol. The molecule has 2 heterocycles. The third-order valence-corrected chi connectivity index (χ3v) is 6.32. The average Bonchev–Trinajstić information content (AvgIpc) is 2.93. The van der Waals surface area contributed by atoms with Gasteiger partial charge in [0.1, 0.15) is 9.23 Å². The van der Waals surface area contributed by atoms with Crippen molar-refractivity contribution in [3.63, 3.8) is 0 Å². The second-order valence-corrected chi connectivity index (χ2v) is 8.94. The molecule has 0 bridgehead atoms. The molecule has 0 fully saturated rings. The van der Waals surface area contributed by atoms with Gasteiger partial charge in [-0.1, -0.05) is 47.5 Å². The molecule has 8 heteroatoms. The highest BCUT2D eigenvalue weighted by Gasteiger charge is 2.21. The van der Waals surface area contributed by atoms with Crippen LogP contribution in [-0.2, 0) is 10.0 Å². The SMILES string of the molecule is O=S(=O)(Nc1cccc(/C=C/c2ccccn2)c1)c1cc(Cl)sc1Cl. The second-order valence-electron chi connectivity index (χ2n) is 5.01. The van der Waals surface area contributed by atoms with Gasteiger partial charge < -0.3 is 0 Å². The van der Waals surface area contributed by atoms with Crippen LogP contribution in [0.4, 0.5) is 5.69 Å². The molecule has 0 aliphatic heterocycles. The Morgan fingerprint density at radius 3 is 2.56 bits per heavy atom. The van der Waals surface area contributed by atoms with E-state index in [1.165, 1.54) is 6.07 Å². The molecule has 0 atom stereocenters. The molecule has 0 saturated carbocycles. The van der Waals surface area contributed by atoms with Crippen molar-refractivity contribution in [1.82, 2.24) is 4.98 Å². The van der Waals surface area contributed by atoms with Gasteiger partial charge in [-0.2, -0.15) is 0 Å². The summed E-state index contributed by atoms with van der Waals surface area (Å²) in [5.41, 5.74) is 2.08. The minimum absolute atomic E-state index is 0.0291. The standard InChI is InChI=1S/C17H12Cl2N2O2S2/c18-16-11-15(17(19)24-16)25(22,23)21-14-6-3-4-12(10-14)7-8-13-5-1-2-9-20-13/h1-11,21H/b8-7+. The molecule has 3 aromatic rings. The molecule has 25 heavy (non-hydrogen) atoms. The van der Waals surface area contributed by atoms with Gasteiger partial charge in [-0.3, -0.25) is 9.71 Å². The number of halogens is 2. The van der Waals surface area contributed by atoms with Gasteiger partial charge in [-0.05, 0) is 42.0 Å². The molecule has 3 rings (SSSR count). The van der Waals surface area contributed by atoms with E-state index in [1.54, 1.807) is 24.4 Å². The fourth-order valence-electron chi connectivity index (χ4n) is 2.08. The molecule has 1 aromatic carbocycles. The predicted octanol–water partition coefficient (Wildman–Crippen LogP) is 5.42. The first-order chi connectivity index (χ1) is 11.9. The van der Waals surface area contributed by atoms with Crippen LogP contribution < -0.4 is 4.72 Å². The highest BCUT2D eigenvalue weighted by molar-refractivity contribution is 7.93. The summed E-state index contributed by atoms with van der Waals surface area (Å²) in [6.07, 6.45) is 5.41. The largest absolute Gasteiger partial charge is 0.280 e. The molecule has 0 aliphatic rings. The van der Waals surface area contributed by atoms with E-state index in [2.05, 4.69) is 9.71 Å². The zero-order valence-corrected chi connectivity index (χ0v) is 15.8. The Balaban J connectivity index is 1.82. The number of aromatic nitrogens is 1. The third kappa shape index (κ3) is 4.61. The lowest BCUT2D eigenvalue weighted by Crippen LogP contribution is -2.12. The Bertz CT molecular complexity index is 1020. The van der Waals surface area contributed by atoms with E-state index >= 15 is 0 Å². The number of rotatable bonds is 5. The van der Waals surface area contributed by atoms with E-state index in [0.717, 1.165) is 22.6 Å². The summed E-state index contributed by atoms with van der Waals surface area (Å²) in [5, 5.41) is 0. The molecule has 128 valence electrons. The van der Waals surface area contributed by atoms with Crippen LogP contribution in [-0.4, -0.2) is 13.4 Å². The molecule has 4 nitrogen and oxygen atoms in total. The maximum atomic E-state index is 12.5. The van der Waals surface area contributed by atoms with Gasteiger partial charge in [-0.25, -0.2) is 8.42 Å². The van der Waals surface area contributed by atoms with Gasteiger partial charge in [-0.15, -0.1) is 11.3 Å². The van der Waals surface area contributed by atoms with Gasteiger partial charge >= 0.3 is 0 Å². The molecule has 0 aliphatic carbocycles. The maximum Gasteiger partial charge on any atom is 0.264 e. The fraction of sp³-hybridized carbons (Fsp3) is 0. The number of hydrogen-bond acceptors (Lipinski definition) is 4. The summed E-state index contributed by atoms with van der Waals surface area (Å²) < 4.78 is 27.9. The number of thiophene rings is 1. The number of benzene rings is 1. The van der Waals surface area contributed by atoms with Crippen molar-refractivity contribution in [2.75, 3.05) is 4.72 Å². The Morgan fingerprint density at radius 1 is 1.04 bits per heavy atom. The number of nitrogens with one attached hydrogen (secondary N) is 1. The molecular formula is C17H12Cl2N2O2S2. The van der Waals surface area contributed by atoms with Crippen molar-refractivity contribution in [2.45, 2.75) is 4.90 Å². The molecule has 0 saturated heterocycles. The smallest absolute Gasteiger partial charge is 0.264 e. The molecule has 2 aromatic heterocycles. The number of anilines is 1. The van der Waals surface area contributed by atoms with Crippen LogP contribution in [0.15, 0.2) is 59.6 Å². The van der Waals surface area contributed by atoms with Crippen molar-refractivity contribution in [1.29, 1.82) is 0 Å². The normalized spacial score (nSPS) is 11.8. The van der Waals surface area contributed by atoms with Gasteiger partial charge in [0.2, 0.25) is 0 Å². The minimum Gasteiger partial charge on any atom is -0.280 e. The maximum absolute atomic E-state index is 12.5. The first-order valence-corrected chi connectivity index (χ1v) is 10.2. The predicted molar refractivity (Wildman–Crippen MR) is 105 cm³/mol. The van der Waals surface area contributed by atoms with Crippen LogP contribution in [0.1, 0.15) is 11.3 Å². The Kier molecular flexibility index (Phi) is 5.44. The topological polar surface area (TPSA) is 59.1 Å². The van der Waals surface area contributed by atoms with Crippen LogP contribution >= 0.6 is 34.5 Å². The molecule has 1 N–H and O–H groups in total. The minimum atomic E-state index is -3.80. The fourth-order valence-corrected chi connectivity index (χ4v) is 5.28. The van der Waals surface area contributed by atoms with Crippen molar-refractivity contribution < 1.29 is 8.42 Å². The van der Waals surface area contributed by atoms with Gasteiger partial charge in [0.05, 0.1) is 10.0 Å². The quantitative estimate of drug-likeness (QED) is 0.610. The van der Waals surface area contributed by atoms with Crippen LogP contribution in [0.25, 0.3) is 12.2 Å². The lowest BCUT2D eigenvalue weighted by atomic mass is 10.2. The first-order valence-electron chi connectivity index (χ1n) is 7.11. The molecule has 0 unspecified atom stereocenters. The summed E-state index contributed by atoms with van der Waals surface area (Å²) in [5.74, 6) is 0. The summed E-state index contributed by atoms with van der Waals surface area (Å²) in [4.78, 5) is 4.17.